The van der Waals surface area contributed by atoms with E-state index in [0.29, 0.717) is 40.4 Å². The number of rotatable bonds is 2. The number of hydrogen-bond acceptors (Lipinski definition) is 4. The average Bonchev–Trinajstić information content (AvgIpc) is 2.81. The van der Waals surface area contributed by atoms with Gasteiger partial charge >= 0.3 is 24.3 Å². The third-order valence-corrected chi connectivity index (χ3v) is 7.23. The minimum atomic E-state index is -4.87. The second-order valence-electron chi connectivity index (χ2n) is 9.82. The highest BCUT2D eigenvalue weighted by molar-refractivity contribution is 8.00. The summed E-state index contributed by atoms with van der Waals surface area (Å²) in [7, 11) is 0. The predicted octanol–water partition coefficient (Wildman–Crippen LogP) is 7.28. The highest BCUT2D eigenvalue weighted by Crippen LogP contribution is 2.46. The van der Waals surface area contributed by atoms with Crippen LogP contribution < -0.4 is 5.32 Å². The molecule has 2 aromatic rings. The summed E-state index contributed by atoms with van der Waals surface area (Å²) in [4.78, 5) is 22.4. The molecule has 14 heteroatoms. The molecule has 2 aliphatic rings. The number of carboxylic acid groups (broad SMARTS) is 2. The molecule has 40 heavy (non-hydrogen) atoms. The van der Waals surface area contributed by atoms with Crippen LogP contribution in [0.5, 0.6) is 0 Å². The number of fused-ring (bicyclic) bond motifs is 2. The molecular formula is C26H21F8NO4S. The van der Waals surface area contributed by atoms with Gasteiger partial charge in [-0.25, -0.2) is 18.4 Å². The van der Waals surface area contributed by atoms with Gasteiger partial charge in [0, 0.05) is 22.2 Å². The molecule has 0 radical (unpaired) electrons. The summed E-state index contributed by atoms with van der Waals surface area (Å²) in [5.41, 5.74) is -0.739. The summed E-state index contributed by atoms with van der Waals surface area (Å²) in [6.45, 7) is 5.97. The topological polar surface area (TPSA) is 86.6 Å². The molecule has 2 aliphatic heterocycles. The number of thioether (sulfide) groups is 1. The van der Waals surface area contributed by atoms with Crippen LogP contribution in [0.3, 0.4) is 0 Å². The number of carboxylic acids is 2. The van der Waals surface area contributed by atoms with Crippen LogP contribution >= 0.6 is 11.8 Å². The van der Waals surface area contributed by atoms with Crippen molar-refractivity contribution in [2.24, 2.45) is 0 Å². The number of carbonyl (C=O) groups is 2. The molecule has 0 spiro atoms. The molecule has 0 fully saturated rings. The Kier molecular flexibility index (Phi) is 8.36. The highest BCUT2D eigenvalue weighted by Gasteiger charge is 2.47. The molecule has 2 aromatic carbocycles. The van der Waals surface area contributed by atoms with Crippen LogP contribution in [0.2, 0.25) is 0 Å². The standard InChI is InChI=1S/C15H15F3O2S.C11H6F5NO2/c1-14(2,3)9-4-5-11-8(6-9)7-10(13(19)20)12(21-11)15(16,17)18;12-6-2-4-1-5(10(18)19)9(11(14,15)16)17-8(4)3-7(6)13/h4-7,12H,1-3H3,(H,19,20);1-3,9,17H,(H,18,19). The third-order valence-electron chi connectivity index (χ3n) is 5.85. The summed E-state index contributed by atoms with van der Waals surface area (Å²) in [6.07, 6.45) is -7.64. The van der Waals surface area contributed by atoms with Crippen LogP contribution in [-0.4, -0.2) is 45.8 Å². The smallest absolute Gasteiger partial charge is 0.413 e. The van der Waals surface area contributed by atoms with Gasteiger partial charge in [0.15, 0.2) is 17.7 Å². The maximum absolute atomic E-state index is 13.0. The molecular weight excluding hydrogens is 574 g/mol. The van der Waals surface area contributed by atoms with Gasteiger partial charge in [-0.15, -0.1) is 11.8 Å². The van der Waals surface area contributed by atoms with Crippen molar-refractivity contribution in [2.75, 3.05) is 5.32 Å². The molecule has 2 heterocycles. The van der Waals surface area contributed by atoms with E-state index >= 15 is 0 Å². The first kappa shape index (κ1) is 31.0. The van der Waals surface area contributed by atoms with Crippen molar-refractivity contribution < 1.29 is 54.9 Å². The monoisotopic (exact) mass is 595 g/mol. The van der Waals surface area contributed by atoms with Gasteiger partial charge < -0.3 is 15.5 Å². The van der Waals surface area contributed by atoms with Crippen molar-refractivity contribution in [3.8, 4) is 0 Å². The molecule has 0 aromatic heterocycles. The Hall–Kier alpha value is -3.55. The lowest BCUT2D eigenvalue weighted by atomic mass is 9.86. The van der Waals surface area contributed by atoms with Crippen molar-refractivity contribution in [2.45, 2.75) is 54.7 Å². The van der Waals surface area contributed by atoms with E-state index in [2.05, 4.69) is 0 Å². The van der Waals surface area contributed by atoms with E-state index in [1.165, 1.54) is 0 Å². The third kappa shape index (κ3) is 6.77. The molecule has 0 amide bonds. The summed E-state index contributed by atoms with van der Waals surface area (Å²) >= 11 is 0.546. The van der Waals surface area contributed by atoms with Gasteiger partial charge in [0.25, 0.3) is 0 Å². The minimum Gasteiger partial charge on any atom is -0.478 e. The average molecular weight is 596 g/mol. The van der Waals surface area contributed by atoms with Crippen LogP contribution in [0, 0.1) is 11.6 Å². The molecule has 4 rings (SSSR count). The minimum absolute atomic E-state index is 0.155. The summed E-state index contributed by atoms with van der Waals surface area (Å²) in [6, 6.07) is 3.90. The fraction of sp³-hybridized carbons (Fsp3) is 0.308. The van der Waals surface area contributed by atoms with Gasteiger partial charge in [-0.3, -0.25) is 0 Å². The first-order valence-corrected chi connectivity index (χ1v) is 12.2. The Morgan fingerprint density at radius 1 is 0.800 bits per heavy atom. The van der Waals surface area contributed by atoms with Gasteiger partial charge in [-0.1, -0.05) is 32.9 Å². The lowest BCUT2D eigenvalue weighted by molar-refractivity contribution is -0.146. The van der Waals surface area contributed by atoms with Gasteiger partial charge in [-0.05, 0) is 40.8 Å². The SMILES string of the molecule is CC(C)(C)c1ccc2c(c1)C=C(C(=O)O)C(C(F)(F)F)S2.O=C(O)C1=Cc2cc(F)c(F)cc2NC1C(F)(F)F. The number of nitrogens with one attached hydrogen (secondary N) is 1. The van der Waals surface area contributed by atoms with Gasteiger partial charge in [0.1, 0.15) is 5.25 Å². The quantitative estimate of drug-likeness (QED) is 0.317. The van der Waals surface area contributed by atoms with Crippen LogP contribution in [0.25, 0.3) is 12.2 Å². The van der Waals surface area contributed by atoms with E-state index in [9.17, 15) is 44.7 Å². The molecule has 0 aliphatic carbocycles. The van der Waals surface area contributed by atoms with Crippen molar-refractivity contribution >= 4 is 41.5 Å². The van der Waals surface area contributed by atoms with Crippen LogP contribution in [-0.2, 0) is 15.0 Å². The molecule has 0 saturated heterocycles. The first-order valence-electron chi connectivity index (χ1n) is 11.3. The number of halogens is 8. The molecule has 216 valence electrons. The van der Waals surface area contributed by atoms with Crippen molar-refractivity contribution in [3.63, 3.8) is 0 Å². The second-order valence-corrected chi connectivity index (χ2v) is 11.0. The van der Waals surface area contributed by atoms with E-state index in [-0.39, 0.29) is 16.7 Å². The number of alkyl halides is 6. The van der Waals surface area contributed by atoms with Crippen LogP contribution in [0.4, 0.5) is 40.8 Å². The maximum Gasteiger partial charge on any atom is 0.413 e. The molecule has 0 bridgehead atoms. The Morgan fingerprint density at radius 2 is 1.35 bits per heavy atom. The number of anilines is 1. The molecule has 3 N–H and O–H groups in total. The molecule has 2 unspecified atom stereocenters. The zero-order valence-corrected chi connectivity index (χ0v) is 21.7. The number of aliphatic carboxylic acids is 2. The fourth-order valence-corrected chi connectivity index (χ4v) is 4.90. The zero-order valence-electron chi connectivity index (χ0n) is 20.8. The molecule has 0 saturated carbocycles. The lowest BCUT2D eigenvalue weighted by Gasteiger charge is -2.28. The van der Waals surface area contributed by atoms with E-state index in [1.807, 2.05) is 26.1 Å². The van der Waals surface area contributed by atoms with Crippen molar-refractivity contribution in [3.05, 3.63) is 69.8 Å². The summed E-state index contributed by atoms with van der Waals surface area (Å²) < 4.78 is 103. The van der Waals surface area contributed by atoms with Gasteiger partial charge in [0.05, 0.1) is 11.1 Å². The fourth-order valence-electron chi connectivity index (χ4n) is 3.82. The lowest BCUT2D eigenvalue weighted by Crippen LogP contribution is -2.42. The zero-order chi connectivity index (χ0) is 30.4. The van der Waals surface area contributed by atoms with Crippen LogP contribution in [0.1, 0.15) is 37.5 Å². The normalized spacial score (nSPS) is 18.7. The second kappa shape index (κ2) is 10.8. The Balaban J connectivity index is 0.000000222. The van der Waals surface area contributed by atoms with Gasteiger partial charge in [-0.2, -0.15) is 26.3 Å². The van der Waals surface area contributed by atoms with Crippen molar-refractivity contribution in [1.82, 2.24) is 0 Å². The van der Waals surface area contributed by atoms with Crippen molar-refractivity contribution in [1.29, 1.82) is 0 Å². The number of hydrogen-bond donors (Lipinski definition) is 3. The Labute approximate surface area is 226 Å². The first-order chi connectivity index (χ1) is 18.2. The number of benzene rings is 2. The Morgan fingerprint density at radius 3 is 1.85 bits per heavy atom. The van der Waals surface area contributed by atoms with E-state index in [4.69, 9.17) is 10.2 Å². The highest BCUT2D eigenvalue weighted by atomic mass is 32.2. The maximum atomic E-state index is 13.0. The molecule has 5 nitrogen and oxygen atoms in total. The van der Waals surface area contributed by atoms with E-state index in [1.54, 1.807) is 18.2 Å². The predicted molar refractivity (Wildman–Crippen MR) is 132 cm³/mol. The largest absolute Gasteiger partial charge is 0.478 e. The summed E-state index contributed by atoms with van der Waals surface area (Å²) in [5, 5.41) is 17.6. The van der Waals surface area contributed by atoms with E-state index < -0.39 is 58.4 Å². The summed E-state index contributed by atoms with van der Waals surface area (Å²) in [5.74, 6) is -5.91. The van der Waals surface area contributed by atoms with Gasteiger partial charge in [0.2, 0.25) is 0 Å². The Bertz CT molecular complexity index is 1410. The molecule has 2 atom stereocenters. The van der Waals surface area contributed by atoms with E-state index in [0.717, 1.165) is 11.6 Å². The van der Waals surface area contributed by atoms with Crippen LogP contribution in [0.15, 0.2) is 46.4 Å².